The molecule has 0 aliphatic carbocycles. The van der Waals surface area contributed by atoms with Crippen LogP contribution >= 0.6 is 0 Å². The van der Waals surface area contributed by atoms with Crippen LogP contribution in [0.5, 0.6) is 0 Å². The van der Waals surface area contributed by atoms with Crippen LogP contribution in [0.2, 0.25) is 0 Å². The first-order chi connectivity index (χ1) is 11.2. The van der Waals surface area contributed by atoms with Gasteiger partial charge in [-0.15, -0.1) is 0 Å². The topological polar surface area (TPSA) is 116 Å². The highest BCUT2D eigenvalue weighted by Gasteiger charge is 2.42. The molecule has 0 aliphatic heterocycles. The van der Waals surface area contributed by atoms with Gasteiger partial charge in [-0.1, -0.05) is 26.0 Å². The predicted molar refractivity (Wildman–Crippen MR) is 82.4 cm³/mol. The van der Waals surface area contributed by atoms with E-state index in [1.165, 1.54) is 13.0 Å². The lowest BCUT2D eigenvalue weighted by Gasteiger charge is -2.23. The Bertz CT molecular complexity index is 476. The summed E-state index contributed by atoms with van der Waals surface area (Å²) in [6, 6.07) is 0. The van der Waals surface area contributed by atoms with Crippen molar-refractivity contribution in [1.82, 2.24) is 0 Å². The van der Waals surface area contributed by atoms with Gasteiger partial charge in [0.2, 0.25) is 0 Å². The summed E-state index contributed by atoms with van der Waals surface area (Å²) in [6.45, 7) is 4.21. The van der Waals surface area contributed by atoms with Gasteiger partial charge in [0, 0.05) is 12.8 Å². The van der Waals surface area contributed by atoms with Crippen LogP contribution in [-0.4, -0.2) is 35.5 Å². The molecule has 1 atom stereocenters. The van der Waals surface area contributed by atoms with Crippen LogP contribution in [0.25, 0.3) is 0 Å². The van der Waals surface area contributed by atoms with Crippen molar-refractivity contribution in [1.29, 1.82) is 0 Å². The fraction of sp³-hybridized carbons (Fsp3) is 0.625. The van der Waals surface area contributed by atoms with E-state index in [9.17, 15) is 24.3 Å². The van der Waals surface area contributed by atoms with Gasteiger partial charge >= 0.3 is 30.4 Å². The molecule has 0 aromatic carbocycles. The molecule has 0 heterocycles. The third-order valence-corrected chi connectivity index (χ3v) is 2.94. The fourth-order valence-electron chi connectivity index (χ4n) is 1.58. The Balaban J connectivity index is 5.20. The van der Waals surface area contributed by atoms with E-state index in [1.807, 2.05) is 0 Å². The summed E-state index contributed by atoms with van der Waals surface area (Å²) in [5, 5.41) is 9.21. The summed E-state index contributed by atoms with van der Waals surface area (Å²) in [6.07, 6.45) is 3.52. The normalized spacial score (nSPS) is 13.4. The predicted octanol–water partition coefficient (Wildman–Crippen LogP) is 2.17. The molecule has 0 aromatic rings. The Hall–Kier alpha value is -2.38. The van der Waals surface area contributed by atoms with Crippen LogP contribution in [0, 0.1) is 5.41 Å². The Labute approximate surface area is 140 Å². The van der Waals surface area contributed by atoms with Gasteiger partial charge < -0.3 is 19.3 Å². The van der Waals surface area contributed by atoms with E-state index in [0.29, 0.717) is 12.8 Å². The number of carbonyl (C=O) groups is 4. The summed E-state index contributed by atoms with van der Waals surface area (Å²) < 4.78 is 14.4. The highest BCUT2D eigenvalue weighted by atomic mass is 16.9. The number of hydrogen-bond donors (Lipinski definition) is 1. The van der Waals surface area contributed by atoms with Gasteiger partial charge in [-0.25, -0.2) is 0 Å². The molecule has 0 bridgehead atoms. The molecule has 0 aliphatic rings. The fourth-order valence-corrected chi connectivity index (χ4v) is 1.58. The highest BCUT2D eigenvalue weighted by Crippen LogP contribution is 2.22. The van der Waals surface area contributed by atoms with Crippen molar-refractivity contribution in [2.45, 2.75) is 59.9 Å². The molecule has 0 saturated carbocycles. The molecule has 136 valence electrons. The van der Waals surface area contributed by atoms with E-state index in [2.05, 4.69) is 0 Å². The van der Waals surface area contributed by atoms with Gasteiger partial charge in [-0.05, 0) is 26.7 Å². The van der Waals surface area contributed by atoms with Crippen LogP contribution < -0.4 is 0 Å². The number of esters is 3. The molecule has 0 fully saturated rings. The van der Waals surface area contributed by atoms with E-state index in [0.717, 1.165) is 13.0 Å². The molecule has 0 rings (SSSR count). The van der Waals surface area contributed by atoms with E-state index in [-0.39, 0.29) is 12.8 Å². The zero-order valence-electron chi connectivity index (χ0n) is 14.4. The minimum absolute atomic E-state index is 0.0322. The number of rotatable bonds is 10. The second kappa shape index (κ2) is 10.4. The van der Waals surface area contributed by atoms with Crippen LogP contribution in [0.3, 0.4) is 0 Å². The van der Waals surface area contributed by atoms with Gasteiger partial charge in [-0.2, -0.15) is 0 Å². The summed E-state index contributed by atoms with van der Waals surface area (Å²) in [5.41, 5.74) is -2.00. The first-order valence-corrected chi connectivity index (χ1v) is 7.68. The van der Waals surface area contributed by atoms with Crippen LogP contribution in [0.1, 0.15) is 53.4 Å². The summed E-state index contributed by atoms with van der Waals surface area (Å²) in [7, 11) is 0. The summed E-state index contributed by atoms with van der Waals surface area (Å²) in [4.78, 5) is 46.6. The number of ether oxygens (including phenoxy) is 3. The second-order valence-electron chi connectivity index (χ2n) is 5.18. The number of carboxylic acids is 1. The molecule has 8 heteroatoms. The van der Waals surface area contributed by atoms with E-state index in [1.54, 1.807) is 13.8 Å². The number of carbonyl (C=O) groups excluding carboxylic acids is 3. The quantitative estimate of drug-likeness (QED) is 0.277. The van der Waals surface area contributed by atoms with Gasteiger partial charge in [0.25, 0.3) is 0 Å². The lowest BCUT2D eigenvalue weighted by atomic mass is 9.90. The third-order valence-electron chi connectivity index (χ3n) is 2.94. The summed E-state index contributed by atoms with van der Waals surface area (Å²) >= 11 is 0. The molecular formula is C16H24O8. The molecule has 8 nitrogen and oxygen atoms in total. The van der Waals surface area contributed by atoms with Crippen LogP contribution in [-0.2, 0) is 33.4 Å². The molecular weight excluding hydrogens is 320 g/mol. The lowest BCUT2D eigenvalue weighted by Crippen LogP contribution is -2.40. The Morgan fingerprint density at radius 3 is 1.79 bits per heavy atom. The van der Waals surface area contributed by atoms with E-state index in [4.69, 9.17) is 14.2 Å². The van der Waals surface area contributed by atoms with Crippen molar-refractivity contribution >= 4 is 23.9 Å². The zero-order valence-corrected chi connectivity index (χ0v) is 14.4. The second-order valence-corrected chi connectivity index (χ2v) is 5.18. The van der Waals surface area contributed by atoms with Crippen molar-refractivity contribution in [3.8, 4) is 0 Å². The van der Waals surface area contributed by atoms with Gasteiger partial charge in [0.1, 0.15) is 0 Å². The molecule has 0 saturated heterocycles. The largest absolute Gasteiger partial charge is 0.480 e. The average molecular weight is 344 g/mol. The van der Waals surface area contributed by atoms with Crippen LogP contribution in [0.4, 0.5) is 0 Å². The maximum atomic E-state index is 12.1. The van der Waals surface area contributed by atoms with Gasteiger partial charge in [0.05, 0.1) is 0 Å². The average Bonchev–Trinajstić information content (AvgIpc) is 2.47. The first kappa shape index (κ1) is 21.6. The summed E-state index contributed by atoms with van der Waals surface area (Å²) in [5.74, 6) is -4.14. The van der Waals surface area contributed by atoms with E-state index >= 15 is 0 Å². The van der Waals surface area contributed by atoms with E-state index < -0.39 is 35.8 Å². The smallest absolute Gasteiger partial charge is 0.412 e. The maximum Gasteiger partial charge on any atom is 0.412 e. The van der Waals surface area contributed by atoms with Crippen molar-refractivity contribution in [3.05, 3.63) is 12.2 Å². The Morgan fingerprint density at radius 2 is 1.46 bits per heavy atom. The Morgan fingerprint density at radius 1 is 1.00 bits per heavy atom. The highest BCUT2D eigenvalue weighted by molar-refractivity contribution is 6.01. The van der Waals surface area contributed by atoms with Crippen molar-refractivity contribution < 1.29 is 38.5 Å². The standard InChI is InChI=1S/C16H24O8/c1-5-8-11(17)22-15(23-12(18)9-6-2)24-14(21)16(4,10-7-3)13(19)20/h7,10,15H,5-6,8-9H2,1-4H3,(H,19,20). The first-order valence-electron chi connectivity index (χ1n) is 7.68. The van der Waals surface area contributed by atoms with Gasteiger partial charge in [0.15, 0.2) is 5.41 Å². The molecule has 24 heavy (non-hydrogen) atoms. The number of allylic oxidation sites excluding steroid dienone is 1. The minimum atomic E-state index is -2.00. The molecule has 0 spiro atoms. The molecule has 0 radical (unpaired) electrons. The third kappa shape index (κ3) is 6.80. The van der Waals surface area contributed by atoms with Crippen molar-refractivity contribution in [3.63, 3.8) is 0 Å². The van der Waals surface area contributed by atoms with Crippen LogP contribution in [0.15, 0.2) is 12.2 Å². The lowest BCUT2D eigenvalue weighted by molar-refractivity contribution is -0.261. The number of aliphatic carboxylic acids is 1. The molecule has 1 unspecified atom stereocenters. The monoisotopic (exact) mass is 344 g/mol. The molecule has 1 N–H and O–H groups in total. The maximum absolute atomic E-state index is 12.1. The zero-order chi connectivity index (χ0) is 18.8. The SMILES string of the molecule is CC=CC(C)(C(=O)O)C(=O)OC(OC(=O)CCC)OC(=O)CCC. The molecule has 0 aromatic heterocycles. The number of carboxylic acid groups (broad SMARTS) is 1. The van der Waals surface area contributed by atoms with Gasteiger partial charge in [-0.3, -0.25) is 19.2 Å². The van der Waals surface area contributed by atoms with Crippen molar-refractivity contribution in [2.24, 2.45) is 5.41 Å². The molecule has 0 amide bonds. The van der Waals surface area contributed by atoms with Crippen molar-refractivity contribution in [2.75, 3.05) is 0 Å². The number of hydrogen-bond acceptors (Lipinski definition) is 7. The minimum Gasteiger partial charge on any atom is -0.480 e. The Kier molecular flexibility index (Phi) is 9.37.